The van der Waals surface area contributed by atoms with Gasteiger partial charge in [0.1, 0.15) is 6.61 Å². The van der Waals surface area contributed by atoms with Gasteiger partial charge in [0.05, 0.1) is 6.61 Å². The van der Waals surface area contributed by atoms with Gasteiger partial charge in [-0.25, -0.2) is 9.59 Å². The van der Waals surface area contributed by atoms with Crippen LogP contribution < -0.4 is 0 Å². The van der Waals surface area contributed by atoms with Gasteiger partial charge in [0.25, 0.3) is 0 Å². The zero-order chi connectivity index (χ0) is 14.7. The molecule has 19 heavy (non-hydrogen) atoms. The fraction of sp³-hybridized carbons (Fsp3) is 0.643. The smallest absolute Gasteiger partial charge is 0.333 e. The Morgan fingerprint density at radius 3 is 2.26 bits per heavy atom. The summed E-state index contributed by atoms with van der Waals surface area (Å²) >= 11 is 0. The minimum Gasteiger partial charge on any atom is -0.462 e. The summed E-state index contributed by atoms with van der Waals surface area (Å²) < 4.78 is 9.60. The largest absolute Gasteiger partial charge is 0.462 e. The van der Waals surface area contributed by atoms with E-state index >= 15 is 0 Å². The monoisotopic (exact) mass is 270 g/mol. The summed E-state index contributed by atoms with van der Waals surface area (Å²) in [7, 11) is 0. The van der Waals surface area contributed by atoms with Crippen molar-refractivity contribution < 1.29 is 23.9 Å². The molecule has 0 aliphatic heterocycles. The van der Waals surface area contributed by atoms with Gasteiger partial charge in [0, 0.05) is 11.6 Å². The second-order valence-electron chi connectivity index (χ2n) is 4.33. The molecule has 0 heterocycles. The van der Waals surface area contributed by atoms with Crippen LogP contribution in [0.15, 0.2) is 11.6 Å². The van der Waals surface area contributed by atoms with E-state index in [4.69, 9.17) is 4.74 Å². The van der Waals surface area contributed by atoms with Crippen molar-refractivity contribution in [3.63, 3.8) is 0 Å². The molecule has 0 saturated carbocycles. The van der Waals surface area contributed by atoms with Gasteiger partial charge in [-0.15, -0.1) is 0 Å². The van der Waals surface area contributed by atoms with Crippen LogP contribution in [0.2, 0.25) is 0 Å². The zero-order valence-corrected chi connectivity index (χ0v) is 11.9. The van der Waals surface area contributed by atoms with Crippen LogP contribution in [0.4, 0.5) is 0 Å². The number of carbonyl (C=O) groups excluding carboxylic acids is 3. The molecule has 0 fully saturated rings. The van der Waals surface area contributed by atoms with E-state index in [0.29, 0.717) is 6.61 Å². The summed E-state index contributed by atoms with van der Waals surface area (Å²) in [5.41, 5.74) is 0.170. The van der Waals surface area contributed by atoms with E-state index in [1.54, 1.807) is 0 Å². The highest BCUT2D eigenvalue weighted by atomic mass is 16.5. The molecule has 0 aromatic heterocycles. The van der Waals surface area contributed by atoms with E-state index in [0.717, 1.165) is 31.8 Å². The molecule has 0 rings (SSSR count). The molecule has 5 heteroatoms. The second kappa shape index (κ2) is 10.3. The Morgan fingerprint density at radius 1 is 1.00 bits per heavy atom. The average Bonchev–Trinajstić information content (AvgIpc) is 2.35. The molecular weight excluding hydrogens is 248 g/mol. The standard InChI is InChI=1S/C14H22O5/c1-4-5-6-7-8-18-14(17)11(2)9-13(16)19-10-12(3)15/h9H,4-8,10H2,1-3H3/b11-9-. The summed E-state index contributed by atoms with van der Waals surface area (Å²) in [4.78, 5) is 33.3. The van der Waals surface area contributed by atoms with Gasteiger partial charge in [-0.2, -0.15) is 0 Å². The van der Waals surface area contributed by atoms with E-state index in [2.05, 4.69) is 11.7 Å². The molecule has 0 saturated heterocycles. The lowest BCUT2D eigenvalue weighted by atomic mass is 10.2. The first-order valence-electron chi connectivity index (χ1n) is 6.49. The third-order valence-electron chi connectivity index (χ3n) is 2.31. The number of hydrogen-bond donors (Lipinski definition) is 0. The summed E-state index contributed by atoms with van der Waals surface area (Å²) in [6.07, 6.45) is 5.12. The lowest BCUT2D eigenvalue weighted by Crippen LogP contribution is -2.12. The summed E-state index contributed by atoms with van der Waals surface area (Å²) in [6.45, 7) is 4.96. The lowest BCUT2D eigenvalue weighted by Gasteiger charge is -2.04. The normalized spacial score (nSPS) is 11.0. The number of hydrogen-bond acceptors (Lipinski definition) is 5. The number of carbonyl (C=O) groups is 3. The average molecular weight is 270 g/mol. The molecule has 0 aliphatic rings. The van der Waals surface area contributed by atoms with Crippen LogP contribution in [-0.4, -0.2) is 30.9 Å². The molecule has 0 aliphatic carbocycles. The molecule has 0 amide bonds. The van der Waals surface area contributed by atoms with Crippen molar-refractivity contribution in [1.29, 1.82) is 0 Å². The number of esters is 2. The Kier molecular flexibility index (Phi) is 9.40. The maximum Gasteiger partial charge on any atom is 0.333 e. The molecule has 0 spiro atoms. The lowest BCUT2D eigenvalue weighted by molar-refractivity contribution is -0.143. The molecule has 0 aromatic carbocycles. The van der Waals surface area contributed by atoms with Gasteiger partial charge in [-0.05, 0) is 20.3 Å². The first-order valence-corrected chi connectivity index (χ1v) is 6.49. The molecule has 108 valence electrons. The fourth-order valence-electron chi connectivity index (χ4n) is 1.26. The Labute approximate surface area is 114 Å². The van der Waals surface area contributed by atoms with Gasteiger partial charge in [-0.1, -0.05) is 26.2 Å². The van der Waals surface area contributed by atoms with Crippen molar-refractivity contribution >= 4 is 17.7 Å². The molecule has 5 nitrogen and oxygen atoms in total. The predicted molar refractivity (Wildman–Crippen MR) is 70.5 cm³/mol. The first kappa shape index (κ1) is 17.4. The van der Waals surface area contributed by atoms with Crippen LogP contribution in [0.3, 0.4) is 0 Å². The highest BCUT2D eigenvalue weighted by molar-refractivity contribution is 5.96. The van der Waals surface area contributed by atoms with Crippen molar-refractivity contribution in [3.05, 3.63) is 11.6 Å². The number of Topliss-reactive ketones (excluding diaryl/α,β-unsaturated/α-hetero) is 1. The fourth-order valence-corrected chi connectivity index (χ4v) is 1.26. The Bertz CT molecular complexity index is 344. The summed E-state index contributed by atoms with van der Waals surface area (Å²) in [5.74, 6) is -1.50. The van der Waals surface area contributed by atoms with Crippen LogP contribution in [-0.2, 0) is 23.9 Å². The highest BCUT2D eigenvalue weighted by Crippen LogP contribution is 2.02. The number of ether oxygens (including phenoxy) is 2. The van der Waals surface area contributed by atoms with E-state index in [1.165, 1.54) is 13.8 Å². The topological polar surface area (TPSA) is 69.7 Å². The molecule has 0 bridgehead atoms. The van der Waals surface area contributed by atoms with Crippen LogP contribution in [0, 0.1) is 0 Å². The predicted octanol–water partition coefficient (Wildman–Crippen LogP) is 2.19. The van der Waals surface area contributed by atoms with E-state index in [9.17, 15) is 14.4 Å². The SMILES string of the molecule is CCCCCCOC(=O)/C(C)=C\C(=O)OCC(C)=O. The quantitative estimate of drug-likeness (QED) is 0.365. The van der Waals surface area contributed by atoms with E-state index < -0.39 is 11.9 Å². The van der Waals surface area contributed by atoms with Crippen molar-refractivity contribution in [2.24, 2.45) is 0 Å². The zero-order valence-electron chi connectivity index (χ0n) is 11.9. The third-order valence-corrected chi connectivity index (χ3v) is 2.31. The molecule has 0 radical (unpaired) electrons. The van der Waals surface area contributed by atoms with Crippen LogP contribution in [0.25, 0.3) is 0 Å². The molecule has 0 aromatic rings. The molecule has 0 N–H and O–H groups in total. The van der Waals surface area contributed by atoms with Crippen molar-refractivity contribution in [1.82, 2.24) is 0 Å². The maximum absolute atomic E-state index is 11.5. The number of unbranched alkanes of at least 4 members (excludes halogenated alkanes) is 3. The van der Waals surface area contributed by atoms with Gasteiger partial charge < -0.3 is 9.47 Å². The molecular formula is C14H22O5. The first-order chi connectivity index (χ1) is 8.97. The summed E-state index contributed by atoms with van der Waals surface area (Å²) in [6, 6.07) is 0. The van der Waals surface area contributed by atoms with E-state index in [1.807, 2.05) is 0 Å². The number of rotatable bonds is 9. The molecule has 0 unspecified atom stereocenters. The number of ketones is 1. The molecule has 0 atom stereocenters. The van der Waals surface area contributed by atoms with Crippen LogP contribution in [0.1, 0.15) is 46.5 Å². The van der Waals surface area contributed by atoms with Gasteiger partial charge in [-0.3, -0.25) is 4.79 Å². The Balaban J connectivity index is 3.96. The van der Waals surface area contributed by atoms with Crippen molar-refractivity contribution in [2.75, 3.05) is 13.2 Å². The Morgan fingerprint density at radius 2 is 1.68 bits per heavy atom. The van der Waals surface area contributed by atoms with Crippen LogP contribution in [0.5, 0.6) is 0 Å². The van der Waals surface area contributed by atoms with Gasteiger partial charge >= 0.3 is 11.9 Å². The Hall–Kier alpha value is -1.65. The second-order valence-corrected chi connectivity index (χ2v) is 4.33. The van der Waals surface area contributed by atoms with E-state index in [-0.39, 0.29) is 18.0 Å². The highest BCUT2D eigenvalue weighted by Gasteiger charge is 2.09. The maximum atomic E-state index is 11.5. The van der Waals surface area contributed by atoms with Gasteiger partial charge in [0.15, 0.2) is 5.78 Å². The minimum atomic E-state index is -0.712. The third kappa shape index (κ3) is 10.00. The van der Waals surface area contributed by atoms with Crippen LogP contribution >= 0.6 is 0 Å². The van der Waals surface area contributed by atoms with Gasteiger partial charge in [0.2, 0.25) is 0 Å². The summed E-state index contributed by atoms with van der Waals surface area (Å²) in [5, 5.41) is 0. The minimum absolute atomic E-state index is 0.170. The van der Waals surface area contributed by atoms with Crippen molar-refractivity contribution in [2.45, 2.75) is 46.5 Å². The van der Waals surface area contributed by atoms with Crippen molar-refractivity contribution in [3.8, 4) is 0 Å².